The van der Waals surface area contributed by atoms with Gasteiger partial charge in [0.05, 0.1) is 12.3 Å². The van der Waals surface area contributed by atoms with Crippen molar-refractivity contribution < 1.29 is 13.9 Å². The molecule has 1 aromatic heterocycles. The largest absolute Gasteiger partial charge is 0.463 e. The molecule has 0 aliphatic rings. The summed E-state index contributed by atoms with van der Waals surface area (Å²) in [6.45, 7) is 1.99. The summed E-state index contributed by atoms with van der Waals surface area (Å²) in [5.41, 5.74) is 0.103. The van der Waals surface area contributed by atoms with E-state index in [1.807, 2.05) is 0 Å². The molecule has 1 aromatic rings. The minimum atomic E-state index is -0.512. The fourth-order valence-corrected chi connectivity index (χ4v) is 1.19. The summed E-state index contributed by atoms with van der Waals surface area (Å²) in [5.74, 6) is -1.01. The molecule has 80 valence electrons. The topological polar surface area (TPSA) is 39.2 Å². The lowest BCUT2D eigenvalue weighted by atomic mass is 10.3. The maximum Gasteiger partial charge on any atom is 0.330 e. The Morgan fingerprint density at radius 3 is 3.07 bits per heavy atom. The predicted octanol–water partition coefficient (Wildman–Crippen LogP) is 2.56. The molecule has 0 saturated carbocycles. The van der Waals surface area contributed by atoms with E-state index < -0.39 is 11.8 Å². The Balaban J connectivity index is 2.76. The van der Waals surface area contributed by atoms with Crippen LogP contribution in [-0.4, -0.2) is 17.6 Å². The van der Waals surface area contributed by atoms with Gasteiger partial charge in [-0.3, -0.25) is 4.98 Å². The normalized spacial score (nSPS) is 10.6. The van der Waals surface area contributed by atoms with Gasteiger partial charge in [0.15, 0.2) is 0 Å². The molecule has 1 rings (SSSR count). The molecule has 0 saturated heterocycles. The van der Waals surface area contributed by atoms with E-state index in [0.717, 1.165) is 6.08 Å². The van der Waals surface area contributed by atoms with Gasteiger partial charge in [0.2, 0.25) is 0 Å². The Morgan fingerprint density at radius 2 is 2.47 bits per heavy atom. The zero-order valence-corrected chi connectivity index (χ0v) is 9.62. The number of hydrogen-bond donors (Lipinski definition) is 0. The molecule has 3 nitrogen and oxygen atoms in total. The van der Waals surface area contributed by atoms with Gasteiger partial charge in [-0.1, -0.05) is 0 Å². The molecule has 0 spiro atoms. The molecular formula is C10H9BrFNO2. The van der Waals surface area contributed by atoms with E-state index in [1.165, 1.54) is 18.3 Å². The molecule has 0 aliphatic carbocycles. The van der Waals surface area contributed by atoms with Crippen molar-refractivity contribution in [3.63, 3.8) is 0 Å². The standard InChI is InChI=1S/C10H9BrFNO2/c1-2-15-10(14)4-3-9-8(12)5-7(11)6-13-9/h3-6H,2H2,1H3/b4-3+. The summed E-state index contributed by atoms with van der Waals surface area (Å²) in [4.78, 5) is 14.7. The van der Waals surface area contributed by atoms with Gasteiger partial charge in [-0.2, -0.15) is 0 Å². The lowest BCUT2D eigenvalue weighted by molar-refractivity contribution is -0.137. The SMILES string of the molecule is CCOC(=O)/C=C/c1ncc(Br)cc1F. The van der Waals surface area contributed by atoms with Crippen molar-refractivity contribution in [1.29, 1.82) is 0 Å². The summed E-state index contributed by atoms with van der Waals surface area (Å²) in [7, 11) is 0. The number of hydrogen-bond acceptors (Lipinski definition) is 3. The fraction of sp³-hybridized carbons (Fsp3) is 0.200. The summed E-state index contributed by atoms with van der Waals surface area (Å²) < 4.78 is 18.4. The van der Waals surface area contributed by atoms with E-state index in [0.29, 0.717) is 11.1 Å². The third-order valence-corrected chi connectivity index (χ3v) is 1.93. The van der Waals surface area contributed by atoms with Crippen LogP contribution in [0.1, 0.15) is 12.6 Å². The first-order valence-electron chi connectivity index (χ1n) is 4.29. The van der Waals surface area contributed by atoms with Crippen molar-refractivity contribution in [3.8, 4) is 0 Å². The summed E-state index contributed by atoms with van der Waals surface area (Å²) in [6.07, 6.45) is 3.87. The lowest BCUT2D eigenvalue weighted by Crippen LogP contribution is -1.99. The fourth-order valence-electron chi connectivity index (χ4n) is 0.885. The number of halogens is 2. The minimum Gasteiger partial charge on any atom is -0.463 e. The number of pyridine rings is 1. The van der Waals surface area contributed by atoms with Gasteiger partial charge in [0.1, 0.15) is 5.82 Å². The second-order valence-corrected chi connectivity index (χ2v) is 3.52. The highest BCUT2D eigenvalue weighted by Gasteiger charge is 2.01. The van der Waals surface area contributed by atoms with Gasteiger partial charge < -0.3 is 4.74 Å². The number of carbonyl (C=O) groups excluding carboxylic acids is 1. The highest BCUT2D eigenvalue weighted by Crippen LogP contribution is 2.13. The van der Waals surface area contributed by atoms with Crippen LogP contribution in [0.5, 0.6) is 0 Å². The Kier molecular flexibility index (Phi) is 4.42. The maximum atomic E-state index is 13.2. The number of rotatable bonds is 3. The molecule has 0 radical (unpaired) electrons. The van der Waals surface area contributed by atoms with Crippen LogP contribution in [0.3, 0.4) is 0 Å². The number of esters is 1. The molecule has 0 fully saturated rings. The third kappa shape index (κ3) is 3.79. The molecule has 0 N–H and O–H groups in total. The third-order valence-electron chi connectivity index (χ3n) is 1.50. The van der Waals surface area contributed by atoms with E-state index >= 15 is 0 Å². The molecule has 15 heavy (non-hydrogen) atoms. The molecule has 0 atom stereocenters. The quantitative estimate of drug-likeness (QED) is 0.628. The Hall–Kier alpha value is -1.23. The molecule has 0 bridgehead atoms. The van der Waals surface area contributed by atoms with Crippen molar-refractivity contribution >= 4 is 28.0 Å². The second-order valence-electron chi connectivity index (χ2n) is 2.61. The zero-order chi connectivity index (χ0) is 11.3. The number of carbonyl (C=O) groups is 1. The van der Waals surface area contributed by atoms with Crippen molar-refractivity contribution in [1.82, 2.24) is 4.98 Å². The molecule has 1 heterocycles. The molecule has 5 heteroatoms. The first-order chi connectivity index (χ1) is 7.13. The highest BCUT2D eigenvalue weighted by molar-refractivity contribution is 9.10. The van der Waals surface area contributed by atoms with Crippen LogP contribution in [0, 0.1) is 5.82 Å². The van der Waals surface area contributed by atoms with E-state index in [9.17, 15) is 9.18 Å². The average Bonchev–Trinajstić information content (AvgIpc) is 2.17. The van der Waals surface area contributed by atoms with Gasteiger partial charge in [-0.15, -0.1) is 0 Å². The van der Waals surface area contributed by atoms with Crippen LogP contribution >= 0.6 is 15.9 Å². The van der Waals surface area contributed by atoms with Crippen molar-refractivity contribution in [2.45, 2.75) is 6.92 Å². The molecule has 0 aliphatic heterocycles. The monoisotopic (exact) mass is 273 g/mol. The van der Waals surface area contributed by atoms with Crippen LogP contribution < -0.4 is 0 Å². The summed E-state index contributed by atoms with van der Waals surface area (Å²) >= 11 is 3.08. The Bertz CT molecular complexity index is 393. The van der Waals surface area contributed by atoms with E-state index in [4.69, 9.17) is 0 Å². The smallest absolute Gasteiger partial charge is 0.330 e. The van der Waals surface area contributed by atoms with E-state index in [-0.39, 0.29) is 5.69 Å². The van der Waals surface area contributed by atoms with Crippen molar-refractivity contribution in [2.24, 2.45) is 0 Å². The minimum absolute atomic E-state index is 0.103. The zero-order valence-electron chi connectivity index (χ0n) is 8.04. The molecular weight excluding hydrogens is 265 g/mol. The first-order valence-corrected chi connectivity index (χ1v) is 5.08. The number of ether oxygens (including phenoxy) is 1. The number of aromatic nitrogens is 1. The number of nitrogens with zero attached hydrogens (tertiary/aromatic N) is 1. The van der Waals surface area contributed by atoms with Crippen LogP contribution in [0.2, 0.25) is 0 Å². The molecule has 0 unspecified atom stereocenters. The van der Waals surface area contributed by atoms with Crippen LogP contribution in [0.4, 0.5) is 4.39 Å². The molecule has 0 aromatic carbocycles. The first kappa shape index (κ1) is 11.8. The van der Waals surface area contributed by atoms with Crippen LogP contribution in [-0.2, 0) is 9.53 Å². The Morgan fingerprint density at radius 1 is 1.73 bits per heavy atom. The predicted molar refractivity (Wildman–Crippen MR) is 57.6 cm³/mol. The van der Waals surface area contributed by atoms with E-state index in [1.54, 1.807) is 6.92 Å². The van der Waals surface area contributed by atoms with Crippen molar-refractivity contribution in [2.75, 3.05) is 6.61 Å². The van der Waals surface area contributed by atoms with Gasteiger partial charge in [0, 0.05) is 16.7 Å². The van der Waals surface area contributed by atoms with Gasteiger partial charge in [-0.05, 0) is 35.0 Å². The molecule has 0 amide bonds. The lowest BCUT2D eigenvalue weighted by Gasteiger charge is -1.97. The summed E-state index contributed by atoms with van der Waals surface area (Å²) in [5, 5.41) is 0. The van der Waals surface area contributed by atoms with E-state index in [2.05, 4.69) is 25.7 Å². The van der Waals surface area contributed by atoms with Crippen LogP contribution in [0.15, 0.2) is 22.8 Å². The van der Waals surface area contributed by atoms with Gasteiger partial charge in [0.25, 0.3) is 0 Å². The van der Waals surface area contributed by atoms with Crippen LogP contribution in [0.25, 0.3) is 6.08 Å². The maximum absolute atomic E-state index is 13.2. The van der Waals surface area contributed by atoms with Gasteiger partial charge in [-0.25, -0.2) is 9.18 Å². The second kappa shape index (κ2) is 5.60. The summed E-state index contributed by atoms with van der Waals surface area (Å²) in [6, 6.07) is 1.28. The average molecular weight is 274 g/mol. The van der Waals surface area contributed by atoms with Gasteiger partial charge >= 0.3 is 5.97 Å². The Labute approximate surface area is 95.1 Å². The highest BCUT2D eigenvalue weighted by atomic mass is 79.9. The van der Waals surface area contributed by atoms with Crippen molar-refractivity contribution in [3.05, 3.63) is 34.3 Å².